The predicted octanol–water partition coefficient (Wildman–Crippen LogP) is 25.2. The van der Waals surface area contributed by atoms with Crippen LogP contribution in [0, 0.1) is 0 Å². The summed E-state index contributed by atoms with van der Waals surface area (Å²) in [6.45, 7) is 5.77. The van der Waals surface area contributed by atoms with Crippen molar-refractivity contribution in [1.82, 2.24) is 0 Å². The number of fused-ring (bicyclic) bond motifs is 14. The number of rotatable bonds is 12. The summed E-state index contributed by atoms with van der Waals surface area (Å²) in [6, 6.07) is 159. The maximum absolute atomic E-state index is 8.46. The zero-order valence-electron chi connectivity index (χ0n) is 70.3. The molecule has 0 unspecified atom stereocenters. The van der Waals surface area contributed by atoms with Gasteiger partial charge < -0.3 is 28.9 Å². The van der Waals surface area contributed by atoms with Crippen LogP contribution in [0.15, 0.2) is 431 Å². The molecule has 0 spiro atoms. The molecule has 9 heteroatoms. The van der Waals surface area contributed by atoms with Crippen LogP contribution in [0.2, 0.25) is 0 Å². The average molecular weight is 1620 g/mol. The second-order valence-corrected chi connectivity index (χ2v) is 35.2. The third kappa shape index (κ3) is 12.0. The minimum Gasteiger partial charge on any atom is -0.459 e. The van der Waals surface area contributed by atoms with Gasteiger partial charge in [-0.15, -0.1) is 0 Å². The van der Waals surface area contributed by atoms with Crippen molar-refractivity contribution in [3.05, 3.63) is 436 Å². The van der Waals surface area contributed by atoms with E-state index in [1.165, 1.54) is 11.0 Å². The molecule has 6 aliphatic rings. The summed E-state index contributed by atoms with van der Waals surface area (Å²) in [5, 5.41) is 0. The van der Waals surface area contributed by atoms with E-state index in [2.05, 4.69) is 466 Å². The second-order valence-electron chi connectivity index (χ2n) is 35.2. The number of anilines is 9. The molecule has 0 amide bonds. The van der Waals surface area contributed by atoms with Crippen molar-refractivity contribution in [3.63, 3.8) is 0 Å². The Balaban J connectivity index is 0.824. The Morgan fingerprint density at radius 3 is 0.992 bits per heavy atom. The van der Waals surface area contributed by atoms with Crippen molar-refractivity contribution in [2.75, 3.05) is 14.7 Å². The molecule has 0 saturated heterocycles. The maximum Gasteiger partial charge on any atom is 0.265 e. The standard InChI is InChI=1S/C118H80B3N3O3/c1-118(2,3)89-71-101-109-102(72-89)124(115-93(83-47-27-11-28-48-83)53-32-54-94(115)84-49-29-12-30-50-84)104-74-108-113-117(111(104)120(109)95-63-57-87(78-39-19-7-20-40-78)69-100(95)123(101)114-91(81-43-23-9-24-44-81)51-31-52-92(114)82-45-25-10-26-46-82)127-106-70-88(79-41-21-8-22-42-79)58-64-96(106)121(113)112-107(125-108)73-103-110-116(112)126-105-66-60-86(77-37-17-6-18-38-77)68-98(105)119(110)97-67-85(76-35-15-5-16-36-76)59-65-99(97)122(103)90-61-55-80(56-62-90)75-33-13-4-14-34-75/h4-74H,1-3H3. The minimum atomic E-state index is -0.533. The fourth-order valence-corrected chi connectivity index (χ4v) is 21.1. The Labute approximate surface area is 741 Å². The summed E-state index contributed by atoms with van der Waals surface area (Å²) in [5.74, 6) is 4.45. The fourth-order valence-electron chi connectivity index (χ4n) is 21.1. The lowest BCUT2D eigenvalue weighted by molar-refractivity contribution is 0.459. The minimum absolute atomic E-state index is 0.327. The summed E-state index contributed by atoms with van der Waals surface area (Å²) in [5.41, 5.74) is 39.5. The molecule has 0 fully saturated rings. The van der Waals surface area contributed by atoms with Crippen LogP contribution < -0.4 is 78.1 Å². The molecular weight excluding hydrogens is 1540 g/mol. The first kappa shape index (κ1) is 73.9. The monoisotopic (exact) mass is 1620 g/mol. The largest absolute Gasteiger partial charge is 0.459 e. The van der Waals surface area contributed by atoms with Crippen LogP contribution in [0.5, 0.6) is 34.5 Å². The number of nitrogens with zero attached hydrogens (tertiary/aromatic N) is 3. The molecule has 0 saturated carbocycles. The van der Waals surface area contributed by atoms with Gasteiger partial charge in [-0.05, 0) is 176 Å². The van der Waals surface area contributed by atoms with Crippen LogP contribution >= 0.6 is 0 Å². The Kier molecular flexibility index (Phi) is 17.1. The smallest absolute Gasteiger partial charge is 0.265 e. The van der Waals surface area contributed by atoms with Crippen molar-refractivity contribution in [3.8, 4) is 135 Å². The molecule has 0 N–H and O–H groups in total. The van der Waals surface area contributed by atoms with Gasteiger partial charge in [0.1, 0.15) is 34.5 Å². The zero-order valence-corrected chi connectivity index (χ0v) is 70.3. The van der Waals surface area contributed by atoms with Crippen LogP contribution in [-0.4, -0.2) is 20.1 Å². The van der Waals surface area contributed by atoms with Gasteiger partial charge >= 0.3 is 0 Å². The Bertz CT molecular complexity index is 7520. The zero-order chi connectivity index (χ0) is 84.1. The lowest BCUT2D eigenvalue weighted by Gasteiger charge is -2.48. The van der Waals surface area contributed by atoms with Crippen molar-refractivity contribution in [1.29, 1.82) is 0 Å². The lowest BCUT2D eigenvalue weighted by atomic mass is 9.29. The molecule has 6 heterocycles. The first-order chi connectivity index (χ1) is 62.7. The Morgan fingerprint density at radius 2 is 0.535 bits per heavy atom. The fraction of sp³-hybridized carbons (Fsp3) is 0.0339. The van der Waals surface area contributed by atoms with Crippen LogP contribution in [0.3, 0.4) is 0 Å². The molecule has 0 aliphatic carbocycles. The van der Waals surface area contributed by atoms with Crippen LogP contribution in [0.1, 0.15) is 26.3 Å². The van der Waals surface area contributed by atoms with Gasteiger partial charge in [0.2, 0.25) is 0 Å². The summed E-state index contributed by atoms with van der Waals surface area (Å²) >= 11 is 0. The highest BCUT2D eigenvalue weighted by Crippen LogP contribution is 2.57. The summed E-state index contributed by atoms with van der Waals surface area (Å²) in [4.78, 5) is 7.79. The molecule has 127 heavy (non-hydrogen) atoms. The van der Waals surface area contributed by atoms with E-state index in [0.717, 1.165) is 218 Å². The Morgan fingerprint density at radius 1 is 0.197 bits per heavy atom. The molecule has 19 aromatic carbocycles. The van der Waals surface area contributed by atoms with Crippen LogP contribution in [0.4, 0.5) is 51.2 Å². The highest BCUT2D eigenvalue weighted by Gasteiger charge is 2.54. The normalized spacial score (nSPS) is 13.1. The highest BCUT2D eigenvalue weighted by molar-refractivity contribution is 7.05. The number of hydrogen-bond donors (Lipinski definition) is 0. The van der Waals surface area contributed by atoms with E-state index >= 15 is 0 Å². The van der Waals surface area contributed by atoms with E-state index in [-0.39, 0.29) is 6.71 Å². The van der Waals surface area contributed by atoms with E-state index in [1.54, 1.807) is 0 Å². The van der Waals surface area contributed by atoms with Crippen LogP contribution in [0.25, 0.3) is 100 Å². The molecule has 19 aromatic rings. The SMILES string of the molecule is CC(C)(C)c1cc2c3c(c1)N(c1c(-c4ccccc4)cccc1-c1ccccc1)c1cc4c5c(c1B3c1ccc(-c3ccccc3)cc1N2c1c(-c2ccccc2)cccc1-c1ccccc1)Oc1cc(-c2ccccc2)ccc1B5c1c(cc2c3c1Oc1ccc(-c5ccccc5)cc1B3c1cc(-c3ccccc3)ccc1N2c1ccc(-c2ccccc2)cc1)O4. The van der Waals surface area contributed by atoms with E-state index in [4.69, 9.17) is 14.2 Å². The first-order valence-corrected chi connectivity index (χ1v) is 44.1. The number of benzene rings is 19. The van der Waals surface area contributed by atoms with Gasteiger partial charge in [0.25, 0.3) is 20.1 Å². The predicted molar refractivity (Wildman–Crippen MR) is 532 cm³/mol. The van der Waals surface area contributed by atoms with Gasteiger partial charge in [0, 0.05) is 85.1 Å². The van der Waals surface area contributed by atoms with Gasteiger partial charge in [-0.3, -0.25) is 0 Å². The average Bonchev–Trinajstić information content (AvgIpc) is 0.669. The first-order valence-electron chi connectivity index (χ1n) is 44.1. The summed E-state index contributed by atoms with van der Waals surface area (Å²) in [6.07, 6.45) is 0. The molecular formula is C118H80B3N3O3. The van der Waals surface area contributed by atoms with Crippen molar-refractivity contribution < 1.29 is 14.2 Å². The van der Waals surface area contributed by atoms with E-state index in [9.17, 15) is 0 Å². The van der Waals surface area contributed by atoms with E-state index in [1.807, 2.05) is 0 Å². The van der Waals surface area contributed by atoms with Crippen molar-refractivity contribution in [2.45, 2.75) is 26.2 Å². The topological polar surface area (TPSA) is 37.4 Å². The van der Waals surface area contributed by atoms with Crippen molar-refractivity contribution >= 4 is 120 Å². The molecule has 6 nitrogen and oxygen atoms in total. The maximum atomic E-state index is 8.46. The molecule has 6 aliphatic heterocycles. The van der Waals surface area contributed by atoms with Gasteiger partial charge in [0.05, 0.1) is 11.4 Å². The quantitative estimate of drug-likeness (QED) is 0.114. The molecule has 0 bridgehead atoms. The number of ether oxygens (including phenoxy) is 3. The van der Waals surface area contributed by atoms with Gasteiger partial charge in [0.15, 0.2) is 0 Å². The lowest BCUT2D eigenvalue weighted by Crippen LogP contribution is -2.66. The number of hydrogen-bond acceptors (Lipinski definition) is 6. The molecule has 0 atom stereocenters. The van der Waals surface area contributed by atoms with Gasteiger partial charge in [-0.2, -0.15) is 0 Å². The summed E-state index contributed by atoms with van der Waals surface area (Å²) in [7, 11) is 0. The van der Waals surface area contributed by atoms with Gasteiger partial charge in [-0.1, -0.05) is 391 Å². The molecule has 0 aromatic heterocycles. The second kappa shape index (κ2) is 29.4. The highest BCUT2D eigenvalue weighted by atomic mass is 16.5. The van der Waals surface area contributed by atoms with Gasteiger partial charge in [-0.25, -0.2) is 0 Å². The van der Waals surface area contributed by atoms with Crippen molar-refractivity contribution in [2.24, 2.45) is 0 Å². The molecule has 594 valence electrons. The third-order valence-electron chi connectivity index (χ3n) is 27.0. The number of para-hydroxylation sites is 2. The molecule has 25 rings (SSSR count). The van der Waals surface area contributed by atoms with E-state index < -0.39 is 18.8 Å². The molecule has 0 radical (unpaired) electrons. The third-order valence-corrected chi connectivity index (χ3v) is 27.0. The summed E-state index contributed by atoms with van der Waals surface area (Å²) < 4.78 is 24.9. The van der Waals surface area contributed by atoms with Crippen LogP contribution in [-0.2, 0) is 5.41 Å². The van der Waals surface area contributed by atoms with E-state index in [0.29, 0.717) is 11.5 Å². The Hall–Kier alpha value is -15.8.